The van der Waals surface area contributed by atoms with E-state index in [0.29, 0.717) is 0 Å². The molecule has 6 heteroatoms. The molecule has 2 aromatic rings. The largest absolute Gasteiger partial charge is 0.468 e. The van der Waals surface area contributed by atoms with Gasteiger partial charge in [0.1, 0.15) is 5.76 Å². The summed E-state index contributed by atoms with van der Waals surface area (Å²) in [5, 5.41) is 6.90. The number of aryl methyl sites for hydroxylation is 1. The Morgan fingerprint density at radius 1 is 1.11 bits per heavy atom. The molecule has 1 aliphatic rings. The van der Waals surface area contributed by atoms with E-state index in [4.69, 9.17) is 4.42 Å². The SMILES string of the molecule is CN=C(NCc1ccccc1C)NCC(c1ccco1)N1CCCCC1.I. The van der Waals surface area contributed by atoms with Crippen molar-refractivity contribution in [3.05, 3.63) is 59.5 Å². The summed E-state index contributed by atoms with van der Waals surface area (Å²) in [6.07, 6.45) is 5.61. The lowest BCUT2D eigenvalue weighted by Crippen LogP contribution is -2.44. The van der Waals surface area contributed by atoms with E-state index in [2.05, 4.69) is 57.8 Å². The van der Waals surface area contributed by atoms with Crippen LogP contribution in [0.2, 0.25) is 0 Å². The van der Waals surface area contributed by atoms with E-state index >= 15 is 0 Å². The van der Waals surface area contributed by atoms with Crippen LogP contribution in [-0.2, 0) is 6.54 Å². The lowest BCUT2D eigenvalue weighted by atomic mass is 10.1. The average Bonchev–Trinajstić information content (AvgIpc) is 3.21. The second-order valence-electron chi connectivity index (χ2n) is 6.86. The molecule has 2 heterocycles. The zero-order valence-electron chi connectivity index (χ0n) is 16.3. The summed E-state index contributed by atoms with van der Waals surface area (Å²) in [5.41, 5.74) is 2.58. The quantitative estimate of drug-likeness (QED) is 0.370. The standard InChI is InChI=1S/C21H30N4O.HI/c1-17-9-4-5-10-18(17)15-23-21(22-2)24-16-19(20-11-8-14-26-20)25-12-6-3-7-13-25;/h4-5,8-11,14,19H,3,6-7,12-13,15-16H2,1-2H3,(H2,22,23,24);1H. The van der Waals surface area contributed by atoms with Gasteiger partial charge in [-0.3, -0.25) is 9.89 Å². The monoisotopic (exact) mass is 482 g/mol. The number of benzene rings is 1. The molecular formula is C21H31IN4O. The molecule has 0 amide bonds. The summed E-state index contributed by atoms with van der Waals surface area (Å²) in [7, 11) is 1.82. The van der Waals surface area contributed by atoms with Crippen molar-refractivity contribution in [3.63, 3.8) is 0 Å². The molecule has 1 atom stereocenters. The highest BCUT2D eigenvalue weighted by atomic mass is 127. The van der Waals surface area contributed by atoms with Crippen LogP contribution in [0.1, 0.15) is 42.2 Å². The molecule has 0 spiro atoms. The maximum Gasteiger partial charge on any atom is 0.191 e. The molecule has 1 aromatic carbocycles. The van der Waals surface area contributed by atoms with Crippen molar-refractivity contribution in [1.82, 2.24) is 15.5 Å². The maximum absolute atomic E-state index is 5.72. The van der Waals surface area contributed by atoms with Crippen LogP contribution < -0.4 is 10.6 Å². The number of nitrogens with one attached hydrogen (secondary N) is 2. The summed E-state index contributed by atoms with van der Waals surface area (Å²) in [6.45, 7) is 5.93. The van der Waals surface area contributed by atoms with Crippen molar-refractivity contribution in [1.29, 1.82) is 0 Å². The fourth-order valence-corrected chi connectivity index (χ4v) is 3.52. The van der Waals surface area contributed by atoms with Crippen LogP contribution in [0.5, 0.6) is 0 Å². The molecule has 148 valence electrons. The minimum atomic E-state index is 0. The van der Waals surface area contributed by atoms with Crippen LogP contribution in [0, 0.1) is 6.92 Å². The van der Waals surface area contributed by atoms with Crippen molar-refractivity contribution < 1.29 is 4.42 Å². The Morgan fingerprint density at radius 3 is 2.56 bits per heavy atom. The Labute approximate surface area is 179 Å². The van der Waals surface area contributed by atoms with Gasteiger partial charge in [-0.1, -0.05) is 30.7 Å². The van der Waals surface area contributed by atoms with E-state index in [9.17, 15) is 0 Å². The second kappa shape index (κ2) is 11.3. The molecule has 3 rings (SSSR count). The zero-order chi connectivity index (χ0) is 18.2. The van der Waals surface area contributed by atoms with Gasteiger partial charge in [-0.05, 0) is 56.1 Å². The zero-order valence-corrected chi connectivity index (χ0v) is 18.6. The maximum atomic E-state index is 5.72. The van der Waals surface area contributed by atoms with Crippen molar-refractivity contribution in [2.75, 3.05) is 26.7 Å². The topological polar surface area (TPSA) is 52.8 Å². The van der Waals surface area contributed by atoms with E-state index in [1.807, 2.05) is 13.1 Å². The lowest BCUT2D eigenvalue weighted by molar-refractivity contribution is 0.146. The number of guanidine groups is 1. The first kappa shape index (κ1) is 21.8. The van der Waals surface area contributed by atoms with Crippen LogP contribution in [0.25, 0.3) is 0 Å². The van der Waals surface area contributed by atoms with Crippen molar-refractivity contribution in [2.45, 2.75) is 38.8 Å². The van der Waals surface area contributed by atoms with Gasteiger partial charge in [0.25, 0.3) is 0 Å². The first-order valence-corrected chi connectivity index (χ1v) is 9.54. The predicted molar refractivity (Wildman–Crippen MR) is 122 cm³/mol. The van der Waals surface area contributed by atoms with Crippen molar-refractivity contribution in [3.8, 4) is 0 Å². The third-order valence-corrected chi connectivity index (χ3v) is 5.10. The number of furan rings is 1. The summed E-state index contributed by atoms with van der Waals surface area (Å²) in [6, 6.07) is 12.7. The number of hydrogen-bond donors (Lipinski definition) is 2. The minimum absolute atomic E-state index is 0. The van der Waals surface area contributed by atoms with Crippen molar-refractivity contribution >= 4 is 29.9 Å². The average molecular weight is 482 g/mol. The molecule has 1 fully saturated rings. The molecule has 0 radical (unpaired) electrons. The molecule has 0 saturated carbocycles. The Bertz CT molecular complexity index is 696. The Morgan fingerprint density at radius 2 is 1.89 bits per heavy atom. The smallest absolute Gasteiger partial charge is 0.191 e. The van der Waals surface area contributed by atoms with Gasteiger partial charge in [0, 0.05) is 20.1 Å². The molecule has 27 heavy (non-hydrogen) atoms. The first-order valence-electron chi connectivity index (χ1n) is 9.54. The highest BCUT2D eigenvalue weighted by Gasteiger charge is 2.24. The predicted octanol–water partition coefficient (Wildman–Crippen LogP) is 4.10. The molecule has 0 aliphatic carbocycles. The van der Waals surface area contributed by atoms with Gasteiger partial charge in [0.15, 0.2) is 5.96 Å². The summed E-state index contributed by atoms with van der Waals surface area (Å²) in [5.74, 6) is 1.84. The van der Waals surface area contributed by atoms with Crippen LogP contribution in [-0.4, -0.2) is 37.5 Å². The van der Waals surface area contributed by atoms with E-state index in [1.165, 1.54) is 30.4 Å². The van der Waals surface area contributed by atoms with Crippen LogP contribution in [0.15, 0.2) is 52.1 Å². The number of nitrogens with zero attached hydrogens (tertiary/aromatic N) is 2. The highest BCUT2D eigenvalue weighted by molar-refractivity contribution is 14.0. The van der Waals surface area contributed by atoms with Crippen LogP contribution in [0.3, 0.4) is 0 Å². The molecule has 1 aliphatic heterocycles. The summed E-state index contributed by atoms with van der Waals surface area (Å²) >= 11 is 0. The molecule has 0 bridgehead atoms. The molecule has 2 N–H and O–H groups in total. The molecular weight excluding hydrogens is 451 g/mol. The molecule has 1 saturated heterocycles. The van der Waals surface area contributed by atoms with E-state index in [-0.39, 0.29) is 30.0 Å². The second-order valence-corrected chi connectivity index (χ2v) is 6.86. The molecule has 1 aromatic heterocycles. The number of piperidine rings is 1. The van der Waals surface area contributed by atoms with Gasteiger partial charge in [0.2, 0.25) is 0 Å². The van der Waals surface area contributed by atoms with Crippen molar-refractivity contribution in [2.24, 2.45) is 4.99 Å². The van der Waals surface area contributed by atoms with Crippen LogP contribution in [0.4, 0.5) is 0 Å². The minimum Gasteiger partial charge on any atom is -0.468 e. The van der Waals surface area contributed by atoms with Gasteiger partial charge in [-0.15, -0.1) is 24.0 Å². The Hall–Kier alpha value is -1.54. The summed E-state index contributed by atoms with van der Waals surface area (Å²) < 4.78 is 5.72. The molecule has 1 unspecified atom stereocenters. The molecule has 5 nitrogen and oxygen atoms in total. The van der Waals surface area contributed by atoms with Gasteiger partial charge >= 0.3 is 0 Å². The van der Waals surface area contributed by atoms with Gasteiger partial charge in [-0.2, -0.15) is 0 Å². The number of halogens is 1. The van der Waals surface area contributed by atoms with Gasteiger partial charge in [-0.25, -0.2) is 0 Å². The number of rotatable bonds is 6. The van der Waals surface area contributed by atoms with E-state index in [1.54, 1.807) is 6.26 Å². The Kier molecular flexibility index (Phi) is 9.14. The normalized spacial score (nSPS) is 16.4. The van der Waals surface area contributed by atoms with E-state index < -0.39 is 0 Å². The third kappa shape index (κ3) is 6.24. The fraction of sp³-hybridized carbons (Fsp3) is 0.476. The number of aliphatic imine (C=N–C) groups is 1. The fourth-order valence-electron chi connectivity index (χ4n) is 3.52. The number of hydrogen-bond acceptors (Lipinski definition) is 3. The third-order valence-electron chi connectivity index (χ3n) is 5.10. The van der Waals surface area contributed by atoms with Gasteiger partial charge < -0.3 is 15.1 Å². The van der Waals surface area contributed by atoms with E-state index in [0.717, 1.165) is 37.9 Å². The van der Waals surface area contributed by atoms with Crippen LogP contribution >= 0.6 is 24.0 Å². The first-order chi connectivity index (χ1) is 12.8. The summed E-state index contributed by atoms with van der Waals surface area (Å²) in [4.78, 5) is 6.89. The lowest BCUT2D eigenvalue weighted by Gasteiger charge is -2.33. The van der Waals surface area contributed by atoms with Gasteiger partial charge in [0.05, 0.1) is 12.3 Å². The number of likely N-dealkylation sites (tertiary alicyclic amines) is 1. The Balaban J connectivity index is 0.00000261. The highest BCUT2D eigenvalue weighted by Crippen LogP contribution is 2.24.